The molecule has 10 heteroatoms. The molecule has 0 saturated heterocycles. The van der Waals surface area contributed by atoms with E-state index < -0.39 is 22.1 Å². The van der Waals surface area contributed by atoms with Crippen molar-refractivity contribution in [2.45, 2.75) is 33.2 Å². The Hall–Kier alpha value is -3.43. The largest absolute Gasteiger partial charge is 0.383 e. The number of hydrogen-bond donors (Lipinski definition) is 2. The maximum Gasteiger partial charge on any atom is 0.330 e. The van der Waals surface area contributed by atoms with E-state index in [0.29, 0.717) is 18.5 Å². The van der Waals surface area contributed by atoms with Gasteiger partial charge in [-0.3, -0.25) is 29.3 Å². The normalized spacial score (nSPS) is 10.6. The number of nitrogens with one attached hydrogen (secondary N) is 1. The molecule has 144 valence electrons. The van der Waals surface area contributed by atoms with Crippen molar-refractivity contribution in [2.75, 3.05) is 17.7 Å². The first kappa shape index (κ1) is 19.9. The molecule has 27 heavy (non-hydrogen) atoms. The summed E-state index contributed by atoms with van der Waals surface area (Å²) in [5.74, 6) is -0.786. The number of aromatic nitrogens is 2. The van der Waals surface area contributed by atoms with Crippen LogP contribution in [0.25, 0.3) is 0 Å². The van der Waals surface area contributed by atoms with E-state index in [4.69, 9.17) is 5.73 Å². The number of benzene rings is 1. The molecule has 1 aromatic carbocycles. The van der Waals surface area contributed by atoms with Gasteiger partial charge in [0, 0.05) is 30.8 Å². The molecule has 1 heterocycles. The van der Waals surface area contributed by atoms with E-state index in [0.717, 1.165) is 17.4 Å². The maximum absolute atomic E-state index is 12.8. The lowest BCUT2D eigenvalue weighted by molar-refractivity contribution is -0.385. The summed E-state index contributed by atoms with van der Waals surface area (Å²) >= 11 is 0. The van der Waals surface area contributed by atoms with E-state index in [1.165, 1.54) is 23.7 Å². The third-order valence-corrected chi connectivity index (χ3v) is 4.24. The number of anilines is 2. The number of hydrogen-bond acceptors (Lipinski definition) is 6. The minimum atomic E-state index is -0.803. The SMILES string of the molecule is CCCCn1c(N)c(N(C)C(=O)c2ccc(C)c([N+](=O)[O-])c2)c(=O)[nH]c1=O. The van der Waals surface area contributed by atoms with Crippen LogP contribution in [0.2, 0.25) is 0 Å². The van der Waals surface area contributed by atoms with Gasteiger partial charge in [-0.25, -0.2) is 4.79 Å². The zero-order valence-corrected chi connectivity index (χ0v) is 15.3. The van der Waals surface area contributed by atoms with Crippen LogP contribution in [0.15, 0.2) is 27.8 Å². The molecule has 0 aliphatic rings. The Morgan fingerprint density at radius 3 is 2.63 bits per heavy atom. The number of carbonyl (C=O) groups is 1. The van der Waals surface area contributed by atoms with Gasteiger partial charge in [-0.1, -0.05) is 19.4 Å². The number of aryl methyl sites for hydroxylation is 1. The van der Waals surface area contributed by atoms with Crippen LogP contribution in [0.1, 0.15) is 35.7 Å². The second-order valence-electron chi connectivity index (χ2n) is 6.12. The van der Waals surface area contributed by atoms with Gasteiger partial charge in [0.15, 0.2) is 5.69 Å². The van der Waals surface area contributed by atoms with E-state index in [9.17, 15) is 24.5 Å². The van der Waals surface area contributed by atoms with Crippen LogP contribution in [0.4, 0.5) is 17.2 Å². The highest BCUT2D eigenvalue weighted by atomic mass is 16.6. The molecule has 0 bridgehead atoms. The molecule has 1 amide bonds. The quantitative estimate of drug-likeness (QED) is 0.577. The van der Waals surface area contributed by atoms with E-state index in [1.807, 2.05) is 6.92 Å². The van der Waals surface area contributed by atoms with E-state index >= 15 is 0 Å². The molecule has 2 aromatic rings. The first-order chi connectivity index (χ1) is 12.7. The number of aromatic amines is 1. The average molecular weight is 375 g/mol. The molecule has 0 unspecified atom stereocenters. The number of amides is 1. The molecule has 0 atom stereocenters. The van der Waals surface area contributed by atoms with Crippen molar-refractivity contribution in [3.8, 4) is 0 Å². The van der Waals surface area contributed by atoms with Crippen molar-refractivity contribution in [3.63, 3.8) is 0 Å². The minimum absolute atomic E-state index is 0.0277. The van der Waals surface area contributed by atoms with Gasteiger partial charge in [-0.05, 0) is 19.4 Å². The second-order valence-corrected chi connectivity index (χ2v) is 6.12. The molecule has 0 aliphatic heterocycles. The fourth-order valence-corrected chi connectivity index (χ4v) is 2.67. The summed E-state index contributed by atoms with van der Waals surface area (Å²) in [4.78, 5) is 50.6. The van der Waals surface area contributed by atoms with Crippen molar-refractivity contribution in [2.24, 2.45) is 0 Å². The molecule has 0 fully saturated rings. The second kappa shape index (κ2) is 7.85. The highest BCUT2D eigenvalue weighted by molar-refractivity contribution is 6.07. The Morgan fingerprint density at radius 1 is 1.37 bits per heavy atom. The molecule has 2 rings (SSSR count). The minimum Gasteiger partial charge on any atom is -0.383 e. The number of nitrogens with two attached hydrogens (primary N) is 1. The van der Waals surface area contributed by atoms with Gasteiger partial charge in [0.2, 0.25) is 0 Å². The number of nitrogen functional groups attached to an aromatic ring is 1. The zero-order chi connectivity index (χ0) is 20.3. The van der Waals surface area contributed by atoms with Crippen LogP contribution in [0, 0.1) is 17.0 Å². The first-order valence-electron chi connectivity index (χ1n) is 8.34. The molecule has 0 radical (unpaired) electrons. The number of rotatable bonds is 6. The molecule has 0 spiro atoms. The number of nitro groups is 1. The topological polar surface area (TPSA) is 144 Å². The van der Waals surface area contributed by atoms with Crippen molar-refractivity contribution in [1.82, 2.24) is 9.55 Å². The molecular formula is C17H21N5O5. The fraction of sp³-hybridized carbons (Fsp3) is 0.353. The zero-order valence-electron chi connectivity index (χ0n) is 15.3. The van der Waals surface area contributed by atoms with Gasteiger partial charge in [0.05, 0.1) is 4.92 Å². The number of carbonyl (C=O) groups excluding carboxylic acids is 1. The molecule has 3 N–H and O–H groups in total. The number of H-pyrrole nitrogens is 1. The van der Waals surface area contributed by atoms with Gasteiger partial charge in [-0.2, -0.15) is 0 Å². The van der Waals surface area contributed by atoms with Crippen LogP contribution < -0.4 is 21.9 Å². The van der Waals surface area contributed by atoms with Gasteiger partial charge >= 0.3 is 5.69 Å². The third kappa shape index (κ3) is 3.89. The van der Waals surface area contributed by atoms with Crippen LogP contribution in [0.3, 0.4) is 0 Å². The summed E-state index contributed by atoms with van der Waals surface area (Å²) in [5.41, 5.74) is 4.58. The van der Waals surface area contributed by atoms with Crippen LogP contribution in [-0.2, 0) is 6.54 Å². The summed E-state index contributed by atoms with van der Waals surface area (Å²) in [6, 6.07) is 4.03. The Balaban J connectivity index is 2.51. The molecule has 1 aromatic heterocycles. The lowest BCUT2D eigenvalue weighted by Gasteiger charge is -2.20. The Bertz CT molecular complexity index is 1010. The highest BCUT2D eigenvalue weighted by Crippen LogP contribution is 2.22. The first-order valence-corrected chi connectivity index (χ1v) is 8.34. The average Bonchev–Trinajstić information content (AvgIpc) is 2.60. The van der Waals surface area contributed by atoms with Gasteiger partial charge in [0.1, 0.15) is 5.82 Å². The van der Waals surface area contributed by atoms with E-state index in [1.54, 1.807) is 6.92 Å². The molecule has 0 aliphatic carbocycles. The fourth-order valence-electron chi connectivity index (χ4n) is 2.67. The third-order valence-electron chi connectivity index (χ3n) is 4.24. The maximum atomic E-state index is 12.8. The van der Waals surface area contributed by atoms with Crippen LogP contribution in [0.5, 0.6) is 0 Å². The van der Waals surface area contributed by atoms with Crippen molar-refractivity contribution in [1.29, 1.82) is 0 Å². The predicted molar refractivity (Wildman–Crippen MR) is 101 cm³/mol. The summed E-state index contributed by atoms with van der Waals surface area (Å²) in [7, 11) is 1.32. The predicted octanol–water partition coefficient (Wildman–Crippen LogP) is 1.41. The Morgan fingerprint density at radius 2 is 2.04 bits per heavy atom. The molecule has 0 saturated carbocycles. The summed E-state index contributed by atoms with van der Waals surface area (Å²) < 4.78 is 1.20. The lowest BCUT2D eigenvalue weighted by Crippen LogP contribution is -2.39. The molecular weight excluding hydrogens is 354 g/mol. The lowest BCUT2D eigenvalue weighted by atomic mass is 10.1. The summed E-state index contributed by atoms with van der Waals surface area (Å²) in [6.07, 6.45) is 1.47. The standard InChI is InChI=1S/C17H21N5O5/c1-4-5-8-21-14(18)13(15(23)19-17(21)25)20(3)16(24)11-7-6-10(2)12(9-11)22(26)27/h6-7,9H,4-5,8,18H2,1-3H3,(H,19,23,25). The Kier molecular flexibility index (Phi) is 5.78. The van der Waals surface area contributed by atoms with Crippen molar-refractivity contribution in [3.05, 3.63) is 60.3 Å². The summed E-state index contributed by atoms with van der Waals surface area (Å²) in [5, 5.41) is 11.1. The number of nitrogens with zero attached hydrogens (tertiary/aromatic N) is 3. The van der Waals surface area contributed by atoms with Gasteiger partial charge in [-0.15, -0.1) is 0 Å². The Labute approximate surface area is 154 Å². The summed E-state index contributed by atoms with van der Waals surface area (Å²) in [6.45, 7) is 3.79. The number of unbranched alkanes of at least 4 members (excludes halogenated alkanes) is 1. The van der Waals surface area contributed by atoms with Crippen LogP contribution >= 0.6 is 0 Å². The number of nitro benzene ring substituents is 1. The van der Waals surface area contributed by atoms with Crippen LogP contribution in [-0.4, -0.2) is 27.4 Å². The molecule has 10 nitrogen and oxygen atoms in total. The smallest absolute Gasteiger partial charge is 0.330 e. The van der Waals surface area contributed by atoms with Gasteiger partial charge < -0.3 is 10.6 Å². The highest BCUT2D eigenvalue weighted by Gasteiger charge is 2.23. The van der Waals surface area contributed by atoms with Crippen molar-refractivity contribution >= 4 is 23.1 Å². The van der Waals surface area contributed by atoms with E-state index in [-0.39, 0.29) is 22.8 Å². The van der Waals surface area contributed by atoms with Gasteiger partial charge in [0.25, 0.3) is 17.2 Å². The van der Waals surface area contributed by atoms with E-state index in [2.05, 4.69) is 4.98 Å². The monoisotopic (exact) mass is 375 g/mol. The van der Waals surface area contributed by atoms with Crippen molar-refractivity contribution < 1.29 is 9.72 Å².